The van der Waals surface area contributed by atoms with Crippen molar-refractivity contribution >= 4 is 16.7 Å². The summed E-state index contributed by atoms with van der Waals surface area (Å²) in [5.74, 6) is -0.270. The van der Waals surface area contributed by atoms with E-state index in [0.29, 0.717) is 12.8 Å². The summed E-state index contributed by atoms with van der Waals surface area (Å²) < 4.78 is 13.0. The lowest BCUT2D eigenvalue weighted by atomic mass is 10.0. The highest BCUT2D eigenvalue weighted by Gasteiger charge is 2.10. The molecule has 0 heterocycles. The van der Waals surface area contributed by atoms with Crippen molar-refractivity contribution in [3.8, 4) is 0 Å². The molecule has 0 fully saturated rings. The number of fused-ring (bicyclic) bond motifs is 1. The zero-order chi connectivity index (χ0) is 16.9. The number of aryl methyl sites for hydroxylation is 1. The van der Waals surface area contributed by atoms with Gasteiger partial charge in [-0.1, -0.05) is 54.6 Å². The van der Waals surface area contributed by atoms with Crippen LogP contribution in [0.3, 0.4) is 0 Å². The van der Waals surface area contributed by atoms with Gasteiger partial charge in [0.15, 0.2) is 0 Å². The SMILES string of the molecule is C[C@H](NC(=O)CCc1cccc2ccccc12)c1ccc(F)cc1. The first-order valence-electron chi connectivity index (χ1n) is 8.15. The first kappa shape index (κ1) is 16.2. The molecule has 0 spiro atoms. The van der Waals surface area contributed by atoms with Crippen LogP contribution in [0.2, 0.25) is 0 Å². The van der Waals surface area contributed by atoms with E-state index in [-0.39, 0.29) is 17.8 Å². The predicted octanol–water partition coefficient (Wildman–Crippen LogP) is 4.79. The Morgan fingerprint density at radius 3 is 2.50 bits per heavy atom. The topological polar surface area (TPSA) is 29.1 Å². The maximum absolute atomic E-state index is 13.0. The second-order valence-corrected chi connectivity index (χ2v) is 5.98. The normalized spacial score (nSPS) is 12.1. The van der Waals surface area contributed by atoms with Crippen LogP contribution in [0, 0.1) is 5.82 Å². The fourth-order valence-electron chi connectivity index (χ4n) is 2.91. The van der Waals surface area contributed by atoms with Crippen LogP contribution < -0.4 is 5.32 Å². The number of amides is 1. The molecule has 0 unspecified atom stereocenters. The fourth-order valence-corrected chi connectivity index (χ4v) is 2.91. The number of hydrogen-bond acceptors (Lipinski definition) is 1. The molecule has 3 rings (SSSR count). The molecule has 3 aromatic rings. The molecule has 1 amide bonds. The van der Waals surface area contributed by atoms with E-state index in [2.05, 4.69) is 29.6 Å². The minimum atomic E-state index is -0.270. The summed E-state index contributed by atoms with van der Waals surface area (Å²) >= 11 is 0. The minimum Gasteiger partial charge on any atom is -0.350 e. The quantitative estimate of drug-likeness (QED) is 0.719. The summed E-state index contributed by atoms with van der Waals surface area (Å²) in [6.45, 7) is 1.91. The van der Waals surface area contributed by atoms with E-state index in [9.17, 15) is 9.18 Å². The molecule has 0 bridgehead atoms. The van der Waals surface area contributed by atoms with Gasteiger partial charge in [-0.2, -0.15) is 0 Å². The van der Waals surface area contributed by atoms with Gasteiger partial charge in [-0.05, 0) is 47.4 Å². The van der Waals surface area contributed by atoms with Gasteiger partial charge >= 0.3 is 0 Å². The number of rotatable bonds is 5. The molecule has 122 valence electrons. The van der Waals surface area contributed by atoms with Crippen molar-refractivity contribution in [1.29, 1.82) is 0 Å². The van der Waals surface area contributed by atoms with E-state index in [4.69, 9.17) is 0 Å². The molecule has 0 radical (unpaired) electrons. The number of carbonyl (C=O) groups excluding carboxylic acids is 1. The summed E-state index contributed by atoms with van der Waals surface area (Å²) in [7, 11) is 0. The molecule has 3 aromatic carbocycles. The fraction of sp³-hybridized carbons (Fsp3) is 0.190. The third-order valence-electron chi connectivity index (χ3n) is 4.25. The second-order valence-electron chi connectivity index (χ2n) is 5.98. The summed E-state index contributed by atoms with van der Waals surface area (Å²) in [5, 5.41) is 5.36. The monoisotopic (exact) mass is 321 g/mol. The molecule has 2 nitrogen and oxygen atoms in total. The maximum atomic E-state index is 13.0. The Labute approximate surface area is 141 Å². The zero-order valence-electron chi connectivity index (χ0n) is 13.6. The molecule has 24 heavy (non-hydrogen) atoms. The second kappa shape index (κ2) is 7.26. The molecule has 0 aliphatic rings. The average molecular weight is 321 g/mol. The first-order chi connectivity index (χ1) is 11.6. The molecule has 0 aliphatic carbocycles. The van der Waals surface area contributed by atoms with Gasteiger partial charge < -0.3 is 5.32 Å². The Kier molecular flexibility index (Phi) is 4.90. The van der Waals surface area contributed by atoms with Crippen molar-refractivity contribution in [2.45, 2.75) is 25.8 Å². The van der Waals surface area contributed by atoms with Crippen molar-refractivity contribution in [1.82, 2.24) is 5.32 Å². The lowest BCUT2D eigenvalue weighted by molar-refractivity contribution is -0.121. The summed E-state index contributed by atoms with van der Waals surface area (Å²) in [4.78, 5) is 12.2. The number of hydrogen-bond donors (Lipinski definition) is 1. The lowest BCUT2D eigenvalue weighted by Gasteiger charge is -2.14. The van der Waals surface area contributed by atoms with Crippen LogP contribution in [-0.2, 0) is 11.2 Å². The van der Waals surface area contributed by atoms with E-state index >= 15 is 0 Å². The van der Waals surface area contributed by atoms with Gasteiger partial charge in [-0.25, -0.2) is 4.39 Å². The number of halogens is 1. The number of nitrogens with one attached hydrogen (secondary N) is 1. The van der Waals surface area contributed by atoms with Crippen LogP contribution in [0.15, 0.2) is 66.7 Å². The highest BCUT2D eigenvalue weighted by atomic mass is 19.1. The van der Waals surface area contributed by atoms with Crippen molar-refractivity contribution in [3.63, 3.8) is 0 Å². The Bertz CT molecular complexity index is 837. The van der Waals surface area contributed by atoms with E-state index in [1.165, 1.54) is 28.5 Å². The Balaban J connectivity index is 1.62. The zero-order valence-corrected chi connectivity index (χ0v) is 13.6. The molecule has 0 aromatic heterocycles. The Hall–Kier alpha value is -2.68. The van der Waals surface area contributed by atoms with E-state index < -0.39 is 0 Å². The lowest BCUT2D eigenvalue weighted by Crippen LogP contribution is -2.26. The number of carbonyl (C=O) groups is 1. The highest BCUT2D eigenvalue weighted by molar-refractivity contribution is 5.86. The van der Waals surface area contributed by atoms with Gasteiger partial charge in [0.25, 0.3) is 0 Å². The van der Waals surface area contributed by atoms with Gasteiger partial charge in [0.2, 0.25) is 5.91 Å². The van der Waals surface area contributed by atoms with Crippen LogP contribution in [0.5, 0.6) is 0 Å². The molecular weight excluding hydrogens is 301 g/mol. The van der Waals surface area contributed by atoms with Crippen molar-refractivity contribution in [2.24, 2.45) is 0 Å². The van der Waals surface area contributed by atoms with Crippen LogP contribution in [0.25, 0.3) is 10.8 Å². The van der Waals surface area contributed by atoms with Gasteiger partial charge in [0.05, 0.1) is 6.04 Å². The van der Waals surface area contributed by atoms with Gasteiger partial charge in [-0.3, -0.25) is 4.79 Å². The third-order valence-corrected chi connectivity index (χ3v) is 4.25. The summed E-state index contributed by atoms with van der Waals surface area (Å²) in [6.07, 6.45) is 1.13. The Morgan fingerprint density at radius 1 is 1.00 bits per heavy atom. The van der Waals surface area contributed by atoms with E-state index in [0.717, 1.165) is 5.56 Å². The Morgan fingerprint density at radius 2 is 1.71 bits per heavy atom. The smallest absolute Gasteiger partial charge is 0.220 e. The first-order valence-corrected chi connectivity index (χ1v) is 8.15. The van der Waals surface area contributed by atoms with Crippen molar-refractivity contribution < 1.29 is 9.18 Å². The molecule has 0 saturated carbocycles. The number of benzene rings is 3. The van der Waals surface area contributed by atoms with Crippen LogP contribution in [0.1, 0.15) is 30.5 Å². The molecule has 1 atom stereocenters. The maximum Gasteiger partial charge on any atom is 0.220 e. The molecule has 0 aliphatic heterocycles. The van der Waals surface area contributed by atoms with E-state index in [1.807, 2.05) is 25.1 Å². The van der Waals surface area contributed by atoms with Crippen molar-refractivity contribution in [3.05, 3.63) is 83.7 Å². The molecule has 0 saturated heterocycles. The molecule has 1 N–H and O–H groups in total. The predicted molar refractivity (Wildman–Crippen MR) is 95.2 cm³/mol. The summed E-state index contributed by atoms with van der Waals surface area (Å²) in [5.41, 5.74) is 2.08. The van der Waals surface area contributed by atoms with Crippen LogP contribution in [-0.4, -0.2) is 5.91 Å². The van der Waals surface area contributed by atoms with Gasteiger partial charge in [-0.15, -0.1) is 0 Å². The van der Waals surface area contributed by atoms with Crippen LogP contribution in [0.4, 0.5) is 4.39 Å². The van der Waals surface area contributed by atoms with Crippen molar-refractivity contribution in [2.75, 3.05) is 0 Å². The van der Waals surface area contributed by atoms with Gasteiger partial charge in [0.1, 0.15) is 5.82 Å². The molecular formula is C21H20FNO. The molecule has 3 heteroatoms. The van der Waals surface area contributed by atoms with Crippen LogP contribution >= 0.6 is 0 Å². The third kappa shape index (κ3) is 3.80. The minimum absolute atomic E-state index is 0.000223. The highest BCUT2D eigenvalue weighted by Crippen LogP contribution is 2.20. The summed E-state index contributed by atoms with van der Waals surface area (Å²) in [6, 6.07) is 20.5. The average Bonchev–Trinajstić information content (AvgIpc) is 2.60. The van der Waals surface area contributed by atoms with Gasteiger partial charge in [0, 0.05) is 6.42 Å². The van der Waals surface area contributed by atoms with E-state index in [1.54, 1.807) is 12.1 Å². The largest absolute Gasteiger partial charge is 0.350 e. The standard InChI is InChI=1S/C21H20FNO/c1-15(16-9-12-19(22)13-10-16)23-21(24)14-11-18-7-4-6-17-5-2-3-8-20(17)18/h2-10,12-13,15H,11,14H2,1H3,(H,23,24)/t15-/m0/s1.